The van der Waals surface area contributed by atoms with Crippen LogP contribution in [0.2, 0.25) is 0 Å². The van der Waals surface area contributed by atoms with Crippen molar-refractivity contribution in [1.29, 1.82) is 0 Å². The van der Waals surface area contributed by atoms with Gasteiger partial charge in [0.2, 0.25) is 0 Å². The number of nitrogens with one attached hydrogen (secondary N) is 1. The number of aliphatic hydroxyl groups is 1. The smallest absolute Gasteiger partial charge is 0.123 e. The molecule has 0 fully saturated rings. The fourth-order valence-corrected chi connectivity index (χ4v) is 2.95. The molecule has 2 rings (SSSR count). The number of hydrogen-bond donors (Lipinski definition) is 2. The maximum Gasteiger partial charge on any atom is 0.123 e. The highest BCUT2D eigenvalue weighted by Crippen LogP contribution is 2.25. The minimum atomic E-state index is -0.343. The van der Waals surface area contributed by atoms with E-state index in [0.717, 1.165) is 17.1 Å². The zero-order valence-electron chi connectivity index (χ0n) is 12.8. The van der Waals surface area contributed by atoms with E-state index in [1.807, 2.05) is 25.2 Å². The third-order valence-corrected chi connectivity index (χ3v) is 4.15. The molecule has 1 aromatic heterocycles. The summed E-state index contributed by atoms with van der Waals surface area (Å²) in [5, 5.41) is 14.1. The summed E-state index contributed by atoms with van der Waals surface area (Å²) in [6.07, 6.45) is 1.56. The molecule has 5 heteroatoms. The van der Waals surface area contributed by atoms with Crippen LogP contribution in [0.1, 0.15) is 10.4 Å². The minimum Gasteiger partial charge on any atom is -0.390 e. The van der Waals surface area contributed by atoms with E-state index in [-0.39, 0.29) is 6.10 Å². The fraction of sp³-hybridized carbons (Fsp3) is 0.438. The molecule has 2 aromatic rings. The van der Waals surface area contributed by atoms with E-state index in [0.29, 0.717) is 13.1 Å². The summed E-state index contributed by atoms with van der Waals surface area (Å²) in [6.45, 7) is 4.09. The van der Waals surface area contributed by atoms with Crippen LogP contribution < -0.4 is 5.32 Å². The van der Waals surface area contributed by atoms with E-state index in [2.05, 4.69) is 41.5 Å². The first-order valence-corrected chi connectivity index (χ1v) is 7.91. The molecule has 0 aliphatic rings. The van der Waals surface area contributed by atoms with Gasteiger partial charge in [-0.25, -0.2) is 4.98 Å². The quantitative estimate of drug-likeness (QED) is 0.823. The number of benzene rings is 1. The molecule has 1 heterocycles. The number of aryl methyl sites for hydroxylation is 1. The van der Waals surface area contributed by atoms with Gasteiger partial charge in [0.25, 0.3) is 0 Å². The highest BCUT2D eigenvalue weighted by molar-refractivity contribution is 7.15. The Morgan fingerprint density at radius 3 is 2.67 bits per heavy atom. The third kappa shape index (κ3) is 5.21. The van der Waals surface area contributed by atoms with Crippen LogP contribution in [0.25, 0.3) is 10.6 Å². The summed E-state index contributed by atoms with van der Waals surface area (Å²) >= 11 is 1.69. The second-order valence-corrected chi connectivity index (χ2v) is 6.66. The molecule has 0 radical (unpaired) electrons. The van der Waals surface area contributed by atoms with Crippen LogP contribution in [0.5, 0.6) is 0 Å². The van der Waals surface area contributed by atoms with Gasteiger partial charge in [0, 0.05) is 36.3 Å². The molecule has 1 aromatic carbocycles. The van der Waals surface area contributed by atoms with Crippen LogP contribution in [-0.2, 0) is 6.54 Å². The molecule has 0 aliphatic heterocycles. The lowest BCUT2D eigenvalue weighted by Gasteiger charge is -2.15. The average Bonchev–Trinajstić information content (AvgIpc) is 2.87. The van der Waals surface area contributed by atoms with Gasteiger partial charge in [-0.1, -0.05) is 29.8 Å². The highest BCUT2D eigenvalue weighted by Gasteiger charge is 2.07. The Morgan fingerprint density at radius 1 is 1.29 bits per heavy atom. The molecule has 2 N–H and O–H groups in total. The fourth-order valence-electron chi connectivity index (χ4n) is 2.07. The van der Waals surface area contributed by atoms with Crippen LogP contribution in [0.15, 0.2) is 30.5 Å². The molecule has 4 nitrogen and oxygen atoms in total. The number of rotatable bonds is 7. The van der Waals surface area contributed by atoms with Crippen molar-refractivity contribution >= 4 is 11.3 Å². The molecule has 0 spiro atoms. The highest BCUT2D eigenvalue weighted by atomic mass is 32.1. The van der Waals surface area contributed by atoms with Crippen molar-refractivity contribution in [1.82, 2.24) is 15.2 Å². The molecule has 1 unspecified atom stereocenters. The first-order chi connectivity index (χ1) is 10.0. The van der Waals surface area contributed by atoms with Gasteiger partial charge in [-0.15, -0.1) is 11.3 Å². The first kappa shape index (κ1) is 16.1. The third-order valence-electron chi connectivity index (χ3n) is 3.11. The van der Waals surface area contributed by atoms with Crippen LogP contribution >= 0.6 is 11.3 Å². The summed E-state index contributed by atoms with van der Waals surface area (Å²) in [7, 11) is 3.92. The summed E-state index contributed by atoms with van der Waals surface area (Å²) in [5.74, 6) is 0. The Labute approximate surface area is 130 Å². The Hall–Kier alpha value is -1.27. The summed E-state index contributed by atoms with van der Waals surface area (Å²) in [4.78, 5) is 7.63. The predicted molar refractivity (Wildman–Crippen MR) is 88.6 cm³/mol. The molecule has 114 valence electrons. The summed E-state index contributed by atoms with van der Waals surface area (Å²) in [5.41, 5.74) is 2.41. The van der Waals surface area contributed by atoms with Crippen molar-refractivity contribution in [2.75, 3.05) is 27.2 Å². The van der Waals surface area contributed by atoms with Gasteiger partial charge in [-0.05, 0) is 21.0 Å². The van der Waals surface area contributed by atoms with Gasteiger partial charge in [-0.3, -0.25) is 0 Å². The number of likely N-dealkylation sites (N-methyl/N-ethyl adjacent to an activating group) is 1. The number of thiazole rings is 1. The van der Waals surface area contributed by atoms with Crippen molar-refractivity contribution in [3.05, 3.63) is 40.9 Å². The Bertz CT molecular complexity index is 551. The summed E-state index contributed by atoms with van der Waals surface area (Å²) in [6, 6.07) is 8.41. The van der Waals surface area contributed by atoms with Gasteiger partial charge >= 0.3 is 0 Å². The van der Waals surface area contributed by atoms with E-state index in [1.54, 1.807) is 11.3 Å². The minimum absolute atomic E-state index is 0.343. The van der Waals surface area contributed by atoms with Gasteiger partial charge in [0.05, 0.1) is 6.10 Å². The van der Waals surface area contributed by atoms with E-state index in [9.17, 15) is 5.11 Å². The molecule has 21 heavy (non-hydrogen) atoms. The van der Waals surface area contributed by atoms with E-state index >= 15 is 0 Å². The number of aromatic nitrogens is 1. The largest absolute Gasteiger partial charge is 0.390 e. The zero-order chi connectivity index (χ0) is 15.2. The van der Waals surface area contributed by atoms with Crippen LogP contribution in [0, 0.1) is 6.92 Å². The van der Waals surface area contributed by atoms with E-state index in [1.165, 1.54) is 10.4 Å². The lowest BCUT2D eigenvalue weighted by molar-refractivity contribution is 0.134. The van der Waals surface area contributed by atoms with E-state index < -0.39 is 0 Å². The normalized spacial score (nSPS) is 12.8. The van der Waals surface area contributed by atoms with Crippen molar-refractivity contribution in [2.24, 2.45) is 0 Å². The van der Waals surface area contributed by atoms with Crippen LogP contribution in [-0.4, -0.2) is 48.3 Å². The Balaban J connectivity index is 1.84. The maximum absolute atomic E-state index is 9.79. The van der Waals surface area contributed by atoms with Gasteiger partial charge < -0.3 is 15.3 Å². The SMILES string of the molecule is Cc1ccc(-c2ncc(CNCC(O)CN(C)C)s2)cc1. The first-order valence-electron chi connectivity index (χ1n) is 7.10. The predicted octanol–water partition coefficient (Wildman–Crippen LogP) is 2.13. The molecular formula is C16H23N3OS. The maximum atomic E-state index is 9.79. The van der Waals surface area contributed by atoms with Crippen molar-refractivity contribution in [2.45, 2.75) is 19.6 Å². The second-order valence-electron chi connectivity index (χ2n) is 5.54. The van der Waals surface area contributed by atoms with Crippen molar-refractivity contribution in [3.8, 4) is 10.6 Å². The molecule has 0 aliphatic carbocycles. The lowest BCUT2D eigenvalue weighted by Crippen LogP contribution is -2.34. The molecule has 0 amide bonds. The van der Waals surface area contributed by atoms with Gasteiger partial charge in [0.1, 0.15) is 5.01 Å². The average molecular weight is 305 g/mol. The van der Waals surface area contributed by atoms with Gasteiger partial charge in [-0.2, -0.15) is 0 Å². The van der Waals surface area contributed by atoms with Crippen molar-refractivity contribution < 1.29 is 5.11 Å². The zero-order valence-corrected chi connectivity index (χ0v) is 13.7. The molecule has 0 saturated carbocycles. The molecule has 0 saturated heterocycles. The van der Waals surface area contributed by atoms with Crippen molar-refractivity contribution in [3.63, 3.8) is 0 Å². The van der Waals surface area contributed by atoms with Crippen LogP contribution in [0.3, 0.4) is 0 Å². The Morgan fingerprint density at radius 2 is 2.00 bits per heavy atom. The monoisotopic (exact) mass is 305 g/mol. The second kappa shape index (κ2) is 7.66. The number of nitrogens with zero attached hydrogens (tertiary/aromatic N) is 2. The molecule has 0 bridgehead atoms. The lowest BCUT2D eigenvalue weighted by atomic mass is 10.2. The molecule has 1 atom stereocenters. The standard InChI is InChI=1S/C16H23N3OS/c1-12-4-6-13(7-5-12)16-18-10-15(21-16)9-17-8-14(20)11-19(2)3/h4-7,10,14,17,20H,8-9,11H2,1-3H3. The molecular weight excluding hydrogens is 282 g/mol. The Kier molecular flexibility index (Phi) is 5.87. The number of hydrogen-bond acceptors (Lipinski definition) is 5. The van der Waals surface area contributed by atoms with Crippen LogP contribution in [0.4, 0.5) is 0 Å². The van der Waals surface area contributed by atoms with E-state index in [4.69, 9.17) is 0 Å². The number of aliphatic hydroxyl groups excluding tert-OH is 1. The summed E-state index contributed by atoms with van der Waals surface area (Å²) < 4.78 is 0. The van der Waals surface area contributed by atoms with Gasteiger partial charge in [0.15, 0.2) is 0 Å². The topological polar surface area (TPSA) is 48.4 Å².